The Kier molecular flexibility index (Phi) is 12.4. The SMILES string of the molecule is Cc1ncsc1-c1ccc([C@H](C)NC(=O)[C@@H]2C[C@@H](O)CN2C(=O)[C@@H](NC(=O)CN2CC=C(c3ccc(-c4cnnc(-c5ccccc5O)c4)cc3)CC2)C(C)(C)C)cc1. The lowest BCUT2D eigenvalue weighted by atomic mass is 9.85. The first-order valence-electron chi connectivity index (χ1n) is 20.0. The summed E-state index contributed by atoms with van der Waals surface area (Å²) in [6.07, 6.45) is 3.85. The second kappa shape index (κ2) is 17.6. The van der Waals surface area contributed by atoms with E-state index in [0.717, 1.165) is 44.8 Å². The summed E-state index contributed by atoms with van der Waals surface area (Å²) in [6.45, 7) is 10.9. The molecule has 2 aliphatic heterocycles. The van der Waals surface area contributed by atoms with Crippen molar-refractivity contribution in [1.29, 1.82) is 0 Å². The smallest absolute Gasteiger partial charge is 0.246 e. The number of para-hydroxylation sites is 1. The second-order valence-electron chi connectivity index (χ2n) is 16.5. The Morgan fingerprint density at radius 1 is 0.949 bits per heavy atom. The van der Waals surface area contributed by atoms with E-state index in [1.54, 1.807) is 29.7 Å². The molecule has 3 amide bonds. The Bertz CT molecular complexity index is 2340. The molecule has 13 heteroatoms. The number of hydrogen-bond donors (Lipinski definition) is 4. The van der Waals surface area contributed by atoms with Gasteiger partial charge < -0.3 is 25.7 Å². The molecule has 3 aromatic carbocycles. The number of nitrogens with one attached hydrogen (secondary N) is 2. The third-order valence-corrected chi connectivity index (χ3v) is 12.1. The minimum absolute atomic E-state index is 0.00997. The highest BCUT2D eigenvalue weighted by Gasteiger charge is 2.44. The molecule has 5 aromatic rings. The van der Waals surface area contributed by atoms with Crippen LogP contribution in [0.1, 0.15) is 63.4 Å². The average molecular weight is 814 g/mol. The molecule has 59 heavy (non-hydrogen) atoms. The number of phenols is 1. The number of aliphatic hydroxyl groups excluding tert-OH is 1. The van der Waals surface area contributed by atoms with Gasteiger partial charge in [0.1, 0.15) is 17.8 Å². The molecule has 0 unspecified atom stereocenters. The number of β-amino-alcohol motifs (C(OH)–C–C–N with tert-alkyl or cyclic N) is 1. The Morgan fingerprint density at radius 3 is 2.32 bits per heavy atom. The van der Waals surface area contributed by atoms with Crippen LogP contribution in [0, 0.1) is 12.3 Å². The van der Waals surface area contributed by atoms with Crippen molar-refractivity contribution in [2.24, 2.45) is 5.41 Å². The number of aromatic nitrogens is 3. The third kappa shape index (κ3) is 9.59. The number of amides is 3. The van der Waals surface area contributed by atoms with E-state index in [1.165, 1.54) is 10.5 Å². The van der Waals surface area contributed by atoms with Gasteiger partial charge in [-0.25, -0.2) is 4.98 Å². The molecule has 4 heterocycles. The highest BCUT2D eigenvalue weighted by atomic mass is 32.1. The largest absolute Gasteiger partial charge is 0.507 e. The number of benzene rings is 3. The van der Waals surface area contributed by atoms with E-state index in [2.05, 4.69) is 44.0 Å². The number of carbonyl (C=O) groups is 3. The van der Waals surface area contributed by atoms with Crippen molar-refractivity contribution in [3.63, 3.8) is 0 Å². The highest BCUT2D eigenvalue weighted by Crippen LogP contribution is 2.32. The lowest BCUT2D eigenvalue weighted by molar-refractivity contribution is -0.144. The van der Waals surface area contributed by atoms with Gasteiger partial charge in [0, 0.05) is 37.2 Å². The van der Waals surface area contributed by atoms with Gasteiger partial charge >= 0.3 is 0 Å². The summed E-state index contributed by atoms with van der Waals surface area (Å²) in [4.78, 5) is 50.3. The first kappa shape index (κ1) is 41.4. The van der Waals surface area contributed by atoms with Gasteiger partial charge in [-0.15, -0.1) is 11.3 Å². The molecular weight excluding hydrogens is 763 g/mol. The van der Waals surface area contributed by atoms with Crippen molar-refractivity contribution in [2.75, 3.05) is 26.2 Å². The molecule has 4 atom stereocenters. The summed E-state index contributed by atoms with van der Waals surface area (Å²) >= 11 is 1.58. The van der Waals surface area contributed by atoms with Crippen LogP contribution in [0.25, 0.3) is 38.4 Å². The highest BCUT2D eigenvalue weighted by molar-refractivity contribution is 7.13. The van der Waals surface area contributed by atoms with E-state index in [0.29, 0.717) is 24.3 Å². The fraction of sp³-hybridized carbons (Fsp3) is 0.348. The summed E-state index contributed by atoms with van der Waals surface area (Å²) in [5.74, 6) is -0.861. The lowest BCUT2D eigenvalue weighted by Gasteiger charge is -2.36. The van der Waals surface area contributed by atoms with Crippen LogP contribution in [0.2, 0.25) is 0 Å². The maximum Gasteiger partial charge on any atom is 0.246 e. The van der Waals surface area contributed by atoms with Crippen molar-refractivity contribution >= 4 is 34.6 Å². The van der Waals surface area contributed by atoms with Crippen LogP contribution in [-0.4, -0.2) is 97.3 Å². The van der Waals surface area contributed by atoms with Crippen LogP contribution in [-0.2, 0) is 14.4 Å². The predicted octanol–water partition coefficient (Wildman–Crippen LogP) is 6.41. The monoisotopic (exact) mass is 813 g/mol. The lowest BCUT2D eigenvalue weighted by Crippen LogP contribution is -2.58. The number of hydrogen-bond acceptors (Lipinski definition) is 10. The van der Waals surface area contributed by atoms with Crippen molar-refractivity contribution in [2.45, 2.75) is 71.7 Å². The first-order valence-corrected chi connectivity index (χ1v) is 20.8. The molecule has 4 N–H and O–H groups in total. The van der Waals surface area contributed by atoms with E-state index in [9.17, 15) is 24.6 Å². The summed E-state index contributed by atoms with van der Waals surface area (Å²) in [7, 11) is 0. The van der Waals surface area contributed by atoms with E-state index in [-0.39, 0.29) is 49.0 Å². The zero-order valence-corrected chi connectivity index (χ0v) is 34.9. The van der Waals surface area contributed by atoms with Gasteiger partial charge in [-0.05, 0) is 71.7 Å². The van der Waals surface area contributed by atoms with Gasteiger partial charge in [-0.3, -0.25) is 19.3 Å². The first-order chi connectivity index (χ1) is 28.2. The molecule has 7 rings (SSSR count). The number of thiazole rings is 1. The van der Waals surface area contributed by atoms with Crippen molar-refractivity contribution in [3.05, 3.63) is 113 Å². The topological polar surface area (TPSA) is 161 Å². The molecule has 0 spiro atoms. The fourth-order valence-corrected chi connectivity index (χ4v) is 8.58. The predicted molar refractivity (Wildman–Crippen MR) is 230 cm³/mol. The maximum atomic E-state index is 14.2. The zero-order chi connectivity index (χ0) is 41.8. The van der Waals surface area contributed by atoms with Crippen molar-refractivity contribution < 1.29 is 24.6 Å². The summed E-state index contributed by atoms with van der Waals surface area (Å²) in [5, 5.41) is 35.4. The van der Waals surface area contributed by atoms with Gasteiger partial charge in [0.2, 0.25) is 17.7 Å². The van der Waals surface area contributed by atoms with Gasteiger partial charge in [-0.1, -0.05) is 87.5 Å². The quantitative estimate of drug-likeness (QED) is 0.118. The molecule has 306 valence electrons. The molecule has 12 nitrogen and oxygen atoms in total. The van der Waals surface area contributed by atoms with E-state index >= 15 is 0 Å². The standard InChI is InChI=1S/C46H51N7O5S/c1-28(30-10-16-34(17-11-30)42-29(2)47-27-59-42)49-44(57)39-23-36(54)25-53(39)45(58)43(46(3,4)5)50-41(56)26-52-20-18-33(19-21-52)31-12-14-32(15-13-31)35-22-38(51-48-24-35)37-8-6-7-9-40(37)55/h6-18,22,24,27-28,36,39,43,54-55H,19-21,23,25-26H2,1-5H3,(H,49,57)(H,50,56)/t28-,36+,39-,43+/m0/s1. The molecule has 2 aromatic heterocycles. The van der Waals surface area contributed by atoms with Gasteiger partial charge in [-0.2, -0.15) is 10.2 Å². The summed E-state index contributed by atoms with van der Waals surface area (Å²) < 4.78 is 0. The average Bonchev–Trinajstić information content (AvgIpc) is 3.85. The number of rotatable bonds is 11. The number of aromatic hydroxyl groups is 1. The van der Waals surface area contributed by atoms with Gasteiger partial charge in [0.25, 0.3) is 0 Å². The molecule has 2 aliphatic rings. The molecule has 0 bridgehead atoms. The van der Waals surface area contributed by atoms with Crippen LogP contribution in [0.5, 0.6) is 5.75 Å². The maximum absolute atomic E-state index is 14.2. The number of nitrogens with zero attached hydrogens (tertiary/aromatic N) is 5. The Morgan fingerprint density at radius 2 is 1.66 bits per heavy atom. The van der Waals surface area contributed by atoms with Crippen molar-refractivity contribution in [1.82, 2.24) is 35.6 Å². The Labute approximate surface area is 349 Å². The number of likely N-dealkylation sites (tertiary alicyclic amines) is 1. The molecule has 1 saturated heterocycles. The molecular formula is C46H51N7O5S. The van der Waals surface area contributed by atoms with E-state index in [1.807, 2.05) is 99.6 Å². The molecule has 1 fully saturated rings. The minimum atomic E-state index is -0.907. The summed E-state index contributed by atoms with van der Waals surface area (Å²) in [6, 6.07) is 23.1. The Hall–Kier alpha value is -5.76. The third-order valence-electron chi connectivity index (χ3n) is 11.1. The number of aryl methyl sites for hydroxylation is 1. The van der Waals surface area contributed by atoms with Crippen LogP contribution in [0.4, 0.5) is 0 Å². The van der Waals surface area contributed by atoms with Crippen LogP contribution < -0.4 is 10.6 Å². The fourth-order valence-electron chi connectivity index (χ4n) is 7.77. The van der Waals surface area contributed by atoms with Crippen LogP contribution >= 0.6 is 11.3 Å². The minimum Gasteiger partial charge on any atom is -0.507 e. The number of aliphatic hydroxyl groups is 1. The number of carbonyl (C=O) groups excluding carboxylic acids is 3. The zero-order valence-electron chi connectivity index (χ0n) is 34.1. The van der Waals surface area contributed by atoms with E-state index < -0.39 is 23.6 Å². The van der Waals surface area contributed by atoms with Gasteiger partial charge in [0.05, 0.1) is 46.7 Å². The van der Waals surface area contributed by atoms with Crippen LogP contribution in [0.3, 0.4) is 0 Å². The van der Waals surface area contributed by atoms with Crippen LogP contribution in [0.15, 0.2) is 96.6 Å². The summed E-state index contributed by atoms with van der Waals surface area (Å²) in [5.41, 5.74) is 9.47. The molecule has 0 radical (unpaired) electrons. The molecule has 0 aliphatic carbocycles. The van der Waals surface area contributed by atoms with Crippen molar-refractivity contribution in [3.8, 4) is 38.6 Å². The van der Waals surface area contributed by atoms with Gasteiger partial charge in [0.15, 0.2) is 0 Å². The molecule has 0 saturated carbocycles. The Balaban J connectivity index is 0.945. The second-order valence-corrected chi connectivity index (χ2v) is 17.4. The van der Waals surface area contributed by atoms with E-state index in [4.69, 9.17) is 0 Å². The number of phenolic OH excluding ortho intramolecular Hbond substituents is 1. The normalized spacial score (nSPS) is 18.2.